The van der Waals surface area contributed by atoms with Crippen LogP contribution in [0.4, 0.5) is 17.5 Å². The largest absolute Gasteiger partial charge is 0.493 e. The van der Waals surface area contributed by atoms with Crippen molar-refractivity contribution in [2.75, 3.05) is 31.4 Å². The second kappa shape index (κ2) is 7.35. The van der Waals surface area contributed by atoms with Crippen molar-refractivity contribution in [3.8, 4) is 11.5 Å². The second-order valence-electron chi connectivity index (χ2n) is 5.69. The number of hydrogen-bond donors (Lipinski definition) is 2. The van der Waals surface area contributed by atoms with Crippen LogP contribution in [0.15, 0.2) is 24.3 Å². The maximum Gasteiger partial charge on any atom is 0.222 e. The zero-order chi connectivity index (χ0) is 16.9. The molecule has 2 aromatic rings. The van der Waals surface area contributed by atoms with Crippen molar-refractivity contribution < 1.29 is 14.2 Å². The topological polar surface area (TPSA) is 91.5 Å². The maximum absolute atomic E-state index is 5.89. The van der Waals surface area contributed by atoms with E-state index in [0.717, 1.165) is 30.8 Å². The molecule has 0 amide bonds. The number of nitrogens with zero attached hydrogens (tertiary/aromatic N) is 2. The molecule has 7 heteroatoms. The molecule has 1 fully saturated rings. The molecule has 1 atom stereocenters. The summed E-state index contributed by atoms with van der Waals surface area (Å²) >= 11 is 0. The molecule has 1 aliphatic heterocycles. The third-order valence-corrected chi connectivity index (χ3v) is 3.76. The molecule has 1 aromatic carbocycles. The Bertz CT molecular complexity index is 682. The van der Waals surface area contributed by atoms with Gasteiger partial charge in [-0.3, -0.25) is 0 Å². The van der Waals surface area contributed by atoms with Crippen molar-refractivity contribution in [3.05, 3.63) is 30.0 Å². The summed E-state index contributed by atoms with van der Waals surface area (Å²) < 4.78 is 16.8. The Morgan fingerprint density at radius 1 is 1.29 bits per heavy atom. The minimum atomic E-state index is 0.149. The molecule has 1 unspecified atom stereocenters. The molecule has 3 N–H and O–H groups in total. The lowest BCUT2D eigenvalue weighted by Gasteiger charge is -2.15. The van der Waals surface area contributed by atoms with Crippen molar-refractivity contribution in [1.29, 1.82) is 0 Å². The molecular formula is C17H22N4O3. The summed E-state index contributed by atoms with van der Waals surface area (Å²) in [7, 11) is 1.62. The Kier molecular flexibility index (Phi) is 5.00. The molecule has 0 radical (unpaired) electrons. The Morgan fingerprint density at radius 2 is 2.17 bits per heavy atom. The van der Waals surface area contributed by atoms with Gasteiger partial charge in [-0.05, 0) is 31.9 Å². The summed E-state index contributed by atoms with van der Waals surface area (Å²) in [4.78, 5) is 8.24. The van der Waals surface area contributed by atoms with E-state index >= 15 is 0 Å². The fourth-order valence-electron chi connectivity index (χ4n) is 2.63. The van der Waals surface area contributed by atoms with Gasteiger partial charge in [0.05, 0.1) is 13.2 Å². The number of benzene rings is 1. The first kappa shape index (κ1) is 16.3. The first-order valence-electron chi connectivity index (χ1n) is 7.94. The third-order valence-electron chi connectivity index (χ3n) is 3.76. The smallest absolute Gasteiger partial charge is 0.222 e. The number of hydrogen-bond acceptors (Lipinski definition) is 7. The summed E-state index contributed by atoms with van der Waals surface area (Å²) in [6.45, 7) is 3.19. The molecule has 3 rings (SSSR count). The highest BCUT2D eigenvalue weighted by molar-refractivity contribution is 5.62. The fraction of sp³-hybridized carbons (Fsp3) is 0.412. The van der Waals surface area contributed by atoms with Crippen molar-refractivity contribution in [2.45, 2.75) is 25.9 Å². The highest BCUT2D eigenvalue weighted by Crippen LogP contribution is 2.32. The number of nitrogens with two attached hydrogens (primary N) is 1. The lowest BCUT2D eigenvalue weighted by atomic mass is 10.2. The zero-order valence-electron chi connectivity index (χ0n) is 13.9. The number of rotatable bonds is 6. The molecule has 1 aliphatic rings. The summed E-state index contributed by atoms with van der Waals surface area (Å²) in [5.41, 5.74) is 7.31. The normalized spacial score (nSPS) is 16.8. The van der Waals surface area contributed by atoms with Gasteiger partial charge in [-0.25, -0.2) is 4.98 Å². The molecule has 128 valence electrons. The number of nitrogens with one attached hydrogen (secondary N) is 1. The van der Waals surface area contributed by atoms with Gasteiger partial charge in [0.25, 0.3) is 0 Å². The molecule has 7 nitrogen and oxygen atoms in total. The quantitative estimate of drug-likeness (QED) is 0.841. The first-order valence-corrected chi connectivity index (χ1v) is 7.94. The van der Waals surface area contributed by atoms with Crippen LogP contribution in [-0.4, -0.2) is 36.4 Å². The summed E-state index contributed by atoms with van der Waals surface area (Å²) in [5, 5.41) is 3.21. The Labute approximate surface area is 141 Å². The van der Waals surface area contributed by atoms with E-state index in [4.69, 9.17) is 19.9 Å². The van der Waals surface area contributed by atoms with E-state index in [1.165, 1.54) is 0 Å². The number of aryl methyl sites for hydroxylation is 1. The molecule has 2 heterocycles. The third kappa shape index (κ3) is 4.05. The van der Waals surface area contributed by atoms with Gasteiger partial charge in [0.2, 0.25) is 5.95 Å². The van der Waals surface area contributed by atoms with Gasteiger partial charge in [0.15, 0.2) is 11.5 Å². The molecule has 0 saturated carbocycles. The van der Waals surface area contributed by atoms with E-state index in [0.29, 0.717) is 23.9 Å². The Balaban J connectivity index is 1.74. The lowest BCUT2D eigenvalue weighted by molar-refractivity contribution is 0.0670. The summed E-state index contributed by atoms with van der Waals surface area (Å²) in [6.07, 6.45) is 2.26. The van der Waals surface area contributed by atoms with Gasteiger partial charge in [-0.15, -0.1) is 0 Å². The minimum absolute atomic E-state index is 0.149. The maximum atomic E-state index is 5.89. The molecule has 0 bridgehead atoms. The van der Waals surface area contributed by atoms with E-state index < -0.39 is 0 Å². The molecule has 0 aliphatic carbocycles. The van der Waals surface area contributed by atoms with Crippen LogP contribution < -0.4 is 20.5 Å². The van der Waals surface area contributed by atoms with E-state index in [9.17, 15) is 0 Å². The van der Waals surface area contributed by atoms with Gasteiger partial charge < -0.3 is 25.3 Å². The van der Waals surface area contributed by atoms with Crippen LogP contribution >= 0.6 is 0 Å². The predicted molar refractivity (Wildman–Crippen MR) is 91.9 cm³/mol. The van der Waals surface area contributed by atoms with Crippen LogP contribution in [-0.2, 0) is 4.74 Å². The van der Waals surface area contributed by atoms with Crippen LogP contribution in [0, 0.1) is 6.92 Å². The zero-order valence-corrected chi connectivity index (χ0v) is 13.9. The fourth-order valence-corrected chi connectivity index (χ4v) is 2.63. The van der Waals surface area contributed by atoms with Crippen molar-refractivity contribution in [3.63, 3.8) is 0 Å². The SMILES string of the molecule is COc1ccc(Nc2cc(C)nc(N)n2)cc1OCC1CCCO1. The highest BCUT2D eigenvalue weighted by Gasteiger charge is 2.17. The first-order chi connectivity index (χ1) is 11.6. The van der Waals surface area contributed by atoms with Crippen molar-refractivity contribution in [2.24, 2.45) is 0 Å². The molecule has 24 heavy (non-hydrogen) atoms. The monoisotopic (exact) mass is 330 g/mol. The molecule has 0 spiro atoms. The number of aromatic nitrogens is 2. The average molecular weight is 330 g/mol. The average Bonchev–Trinajstić information content (AvgIpc) is 3.05. The Hall–Kier alpha value is -2.54. The standard InChI is InChI=1S/C17H22N4O3/c1-11-8-16(21-17(18)19-11)20-12-5-6-14(22-2)15(9-12)24-10-13-4-3-7-23-13/h5-6,8-9,13H,3-4,7,10H2,1-2H3,(H3,18,19,20,21). The molecule has 1 aromatic heterocycles. The summed E-state index contributed by atoms with van der Waals surface area (Å²) in [6, 6.07) is 7.45. The van der Waals surface area contributed by atoms with Crippen LogP contribution in [0.5, 0.6) is 11.5 Å². The van der Waals surface area contributed by atoms with Crippen LogP contribution in [0.2, 0.25) is 0 Å². The number of anilines is 3. The van der Waals surface area contributed by atoms with Crippen molar-refractivity contribution in [1.82, 2.24) is 9.97 Å². The van der Waals surface area contributed by atoms with Crippen LogP contribution in [0.1, 0.15) is 18.5 Å². The van der Waals surface area contributed by atoms with E-state index in [1.54, 1.807) is 7.11 Å². The van der Waals surface area contributed by atoms with Gasteiger partial charge in [-0.2, -0.15) is 4.98 Å². The lowest BCUT2D eigenvalue weighted by Crippen LogP contribution is -2.16. The number of ether oxygens (including phenoxy) is 3. The van der Waals surface area contributed by atoms with Crippen LogP contribution in [0.25, 0.3) is 0 Å². The van der Waals surface area contributed by atoms with E-state index in [-0.39, 0.29) is 12.1 Å². The van der Waals surface area contributed by atoms with Gasteiger partial charge in [0, 0.05) is 30.1 Å². The highest BCUT2D eigenvalue weighted by atomic mass is 16.5. The van der Waals surface area contributed by atoms with E-state index in [2.05, 4.69) is 15.3 Å². The minimum Gasteiger partial charge on any atom is -0.493 e. The second-order valence-corrected chi connectivity index (χ2v) is 5.69. The van der Waals surface area contributed by atoms with Gasteiger partial charge >= 0.3 is 0 Å². The number of methoxy groups -OCH3 is 1. The Morgan fingerprint density at radius 3 is 2.88 bits per heavy atom. The van der Waals surface area contributed by atoms with Crippen LogP contribution in [0.3, 0.4) is 0 Å². The molecular weight excluding hydrogens is 308 g/mol. The predicted octanol–water partition coefficient (Wildman–Crippen LogP) is 2.68. The summed E-state index contributed by atoms with van der Waals surface area (Å²) in [5.74, 6) is 2.21. The van der Waals surface area contributed by atoms with E-state index in [1.807, 2.05) is 31.2 Å². The van der Waals surface area contributed by atoms with Gasteiger partial charge in [0.1, 0.15) is 12.4 Å². The van der Waals surface area contributed by atoms with Crippen molar-refractivity contribution >= 4 is 17.5 Å². The number of nitrogen functional groups attached to an aromatic ring is 1. The van der Waals surface area contributed by atoms with Gasteiger partial charge in [-0.1, -0.05) is 0 Å². The molecule has 1 saturated heterocycles.